The predicted octanol–water partition coefficient (Wildman–Crippen LogP) is 4.06. The zero-order chi connectivity index (χ0) is 18.2. The van der Waals surface area contributed by atoms with Crippen LogP contribution in [0, 0.1) is 5.82 Å². The first kappa shape index (κ1) is 17.1. The highest BCUT2D eigenvalue weighted by atomic mass is 19.1. The smallest absolute Gasteiger partial charge is 0.339 e. The number of cyclic esters (lactones) is 1. The summed E-state index contributed by atoms with van der Waals surface area (Å²) in [5.41, 5.74) is 1.36. The molecular formula is C20H20FNO3. The fraction of sp³-hybridized carbons (Fsp3) is 0.300. The van der Waals surface area contributed by atoms with Crippen molar-refractivity contribution in [1.82, 2.24) is 0 Å². The Kier molecular flexibility index (Phi) is 4.33. The third-order valence-electron chi connectivity index (χ3n) is 4.42. The van der Waals surface area contributed by atoms with Crippen molar-refractivity contribution < 1.29 is 18.7 Å². The molecule has 4 nitrogen and oxygen atoms in total. The Morgan fingerprint density at radius 3 is 2.68 bits per heavy atom. The zero-order valence-corrected chi connectivity index (χ0v) is 14.4. The van der Waals surface area contributed by atoms with Crippen LogP contribution in [-0.2, 0) is 16.0 Å². The van der Waals surface area contributed by atoms with Crippen LogP contribution in [0.5, 0.6) is 0 Å². The predicted molar refractivity (Wildman–Crippen MR) is 93.1 cm³/mol. The maximum Gasteiger partial charge on any atom is 0.339 e. The van der Waals surface area contributed by atoms with Crippen molar-refractivity contribution in [3.8, 4) is 0 Å². The van der Waals surface area contributed by atoms with Gasteiger partial charge in [-0.2, -0.15) is 0 Å². The molecule has 0 bridgehead atoms. The lowest BCUT2D eigenvalue weighted by molar-refractivity contribution is -0.134. The summed E-state index contributed by atoms with van der Waals surface area (Å²) in [6.45, 7) is 5.71. The van der Waals surface area contributed by atoms with Crippen LogP contribution in [0.4, 0.5) is 10.1 Å². The molecule has 5 heteroatoms. The molecule has 1 aliphatic heterocycles. The first-order chi connectivity index (χ1) is 11.8. The van der Waals surface area contributed by atoms with E-state index in [-0.39, 0.29) is 6.42 Å². The molecule has 130 valence electrons. The van der Waals surface area contributed by atoms with Gasteiger partial charge >= 0.3 is 5.97 Å². The molecule has 0 saturated heterocycles. The fourth-order valence-corrected chi connectivity index (χ4v) is 2.93. The first-order valence-electron chi connectivity index (χ1n) is 8.22. The molecule has 2 aromatic rings. The van der Waals surface area contributed by atoms with Crippen LogP contribution in [0.15, 0.2) is 42.5 Å². The number of nitrogens with one attached hydrogen (secondary N) is 1. The van der Waals surface area contributed by atoms with Gasteiger partial charge in [0, 0.05) is 12.1 Å². The minimum atomic E-state index is -1.34. The second-order valence-electron chi connectivity index (χ2n) is 6.83. The first-order valence-corrected chi connectivity index (χ1v) is 8.22. The molecule has 0 aliphatic carbocycles. The molecule has 0 saturated carbocycles. The maximum atomic E-state index is 13.3. The Labute approximate surface area is 146 Å². The summed E-state index contributed by atoms with van der Waals surface area (Å²) in [6, 6.07) is 11.2. The molecule has 0 aromatic heterocycles. The maximum absolute atomic E-state index is 13.3. The highest BCUT2D eigenvalue weighted by molar-refractivity contribution is 6.02. The molecule has 3 rings (SSSR count). The van der Waals surface area contributed by atoms with Crippen molar-refractivity contribution >= 4 is 17.6 Å². The van der Waals surface area contributed by atoms with E-state index in [1.54, 1.807) is 19.1 Å². The summed E-state index contributed by atoms with van der Waals surface area (Å²) in [7, 11) is 0. The van der Waals surface area contributed by atoms with E-state index in [2.05, 4.69) is 19.2 Å². The molecule has 1 atom stereocenters. The van der Waals surface area contributed by atoms with Gasteiger partial charge in [-0.05, 0) is 48.2 Å². The number of carbonyl (C=O) groups is 2. The highest BCUT2D eigenvalue weighted by Gasteiger charge is 2.42. The SMILES string of the molecule is CC(C)c1ccc2c(c1)CC(C)(C(=O)Nc1cccc(F)c1)OC2=O. The average Bonchev–Trinajstić information content (AvgIpc) is 2.54. The van der Waals surface area contributed by atoms with Crippen LogP contribution in [-0.4, -0.2) is 17.5 Å². The van der Waals surface area contributed by atoms with Gasteiger partial charge in [-0.1, -0.05) is 32.0 Å². The van der Waals surface area contributed by atoms with Crippen molar-refractivity contribution in [3.05, 3.63) is 65.0 Å². The number of hydrogen-bond donors (Lipinski definition) is 1. The number of anilines is 1. The Hall–Kier alpha value is -2.69. The zero-order valence-electron chi connectivity index (χ0n) is 14.4. The Balaban J connectivity index is 1.88. The number of esters is 1. The largest absolute Gasteiger partial charge is 0.445 e. The molecule has 1 unspecified atom stereocenters. The quantitative estimate of drug-likeness (QED) is 0.857. The lowest BCUT2D eigenvalue weighted by Gasteiger charge is -2.33. The van der Waals surface area contributed by atoms with Crippen molar-refractivity contribution in [2.24, 2.45) is 0 Å². The lowest BCUT2D eigenvalue weighted by Crippen LogP contribution is -2.49. The third kappa shape index (κ3) is 3.40. The molecule has 0 fully saturated rings. The minimum Gasteiger partial charge on any atom is -0.445 e. The Morgan fingerprint density at radius 1 is 1.24 bits per heavy atom. The van der Waals surface area contributed by atoms with E-state index in [1.807, 2.05) is 12.1 Å². The summed E-state index contributed by atoms with van der Waals surface area (Å²) in [4.78, 5) is 25.0. The van der Waals surface area contributed by atoms with Crippen LogP contribution >= 0.6 is 0 Å². The van der Waals surface area contributed by atoms with E-state index in [1.165, 1.54) is 18.2 Å². The van der Waals surface area contributed by atoms with Gasteiger partial charge in [-0.15, -0.1) is 0 Å². The van der Waals surface area contributed by atoms with Gasteiger partial charge in [-0.25, -0.2) is 9.18 Å². The Morgan fingerprint density at radius 2 is 2.00 bits per heavy atom. The topological polar surface area (TPSA) is 55.4 Å². The molecule has 25 heavy (non-hydrogen) atoms. The number of ether oxygens (including phenoxy) is 1. The fourth-order valence-electron chi connectivity index (χ4n) is 2.93. The van der Waals surface area contributed by atoms with Crippen molar-refractivity contribution in [2.45, 2.75) is 38.7 Å². The second kappa shape index (κ2) is 6.31. The van der Waals surface area contributed by atoms with Crippen LogP contribution in [0.3, 0.4) is 0 Å². The summed E-state index contributed by atoms with van der Waals surface area (Å²) in [5, 5.41) is 2.63. The summed E-state index contributed by atoms with van der Waals surface area (Å²) in [6.07, 6.45) is 0.274. The highest BCUT2D eigenvalue weighted by Crippen LogP contribution is 2.31. The van der Waals surface area contributed by atoms with Gasteiger partial charge < -0.3 is 10.1 Å². The summed E-state index contributed by atoms with van der Waals surface area (Å²) in [5.74, 6) is -1.13. The summed E-state index contributed by atoms with van der Waals surface area (Å²) >= 11 is 0. The number of fused-ring (bicyclic) bond motifs is 1. The standard InChI is InChI=1S/C20H20FNO3/c1-12(2)13-7-8-17-14(9-13)11-20(3,25-18(17)23)19(24)22-16-6-4-5-15(21)10-16/h4-10,12H,11H2,1-3H3,(H,22,24). The summed E-state index contributed by atoms with van der Waals surface area (Å²) < 4.78 is 18.7. The van der Waals surface area contributed by atoms with Gasteiger partial charge in [0.1, 0.15) is 5.82 Å². The number of rotatable bonds is 3. The third-order valence-corrected chi connectivity index (χ3v) is 4.42. The Bertz CT molecular complexity index is 847. The van der Waals surface area contributed by atoms with Gasteiger partial charge in [-0.3, -0.25) is 4.79 Å². The van der Waals surface area contributed by atoms with Crippen molar-refractivity contribution in [3.63, 3.8) is 0 Å². The minimum absolute atomic E-state index is 0.274. The van der Waals surface area contributed by atoms with Crippen LogP contribution in [0.2, 0.25) is 0 Å². The van der Waals surface area contributed by atoms with Gasteiger partial charge in [0.2, 0.25) is 0 Å². The van der Waals surface area contributed by atoms with Crippen LogP contribution in [0.25, 0.3) is 0 Å². The average molecular weight is 341 g/mol. The van der Waals surface area contributed by atoms with Crippen LogP contribution in [0.1, 0.15) is 48.2 Å². The monoisotopic (exact) mass is 341 g/mol. The normalized spacial score (nSPS) is 19.3. The van der Waals surface area contributed by atoms with Crippen molar-refractivity contribution in [2.75, 3.05) is 5.32 Å². The van der Waals surface area contributed by atoms with E-state index in [0.29, 0.717) is 17.2 Å². The van der Waals surface area contributed by atoms with Crippen LogP contribution < -0.4 is 5.32 Å². The molecule has 1 N–H and O–H groups in total. The molecule has 1 amide bonds. The molecule has 0 spiro atoms. The lowest BCUT2D eigenvalue weighted by atomic mass is 9.86. The van der Waals surface area contributed by atoms with Crippen molar-refractivity contribution in [1.29, 1.82) is 0 Å². The molecule has 1 aliphatic rings. The van der Waals surface area contributed by atoms with Gasteiger partial charge in [0.05, 0.1) is 5.56 Å². The number of carbonyl (C=O) groups excluding carboxylic acids is 2. The molecule has 1 heterocycles. The van der Waals surface area contributed by atoms with Gasteiger partial charge in [0.15, 0.2) is 5.60 Å². The molecule has 0 radical (unpaired) electrons. The van der Waals surface area contributed by atoms with E-state index in [9.17, 15) is 14.0 Å². The van der Waals surface area contributed by atoms with E-state index in [4.69, 9.17) is 4.74 Å². The van der Waals surface area contributed by atoms with E-state index in [0.717, 1.165) is 11.1 Å². The second-order valence-corrected chi connectivity index (χ2v) is 6.83. The number of hydrogen-bond acceptors (Lipinski definition) is 3. The molecule has 2 aromatic carbocycles. The van der Waals surface area contributed by atoms with E-state index >= 15 is 0 Å². The van der Waals surface area contributed by atoms with E-state index < -0.39 is 23.3 Å². The molecular weight excluding hydrogens is 321 g/mol. The number of benzene rings is 2. The van der Waals surface area contributed by atoms with Gasteiger partial charge in [0.25, 0.3) is 5.91 Å². The number of amides is 1. The number of halogens is 1.